The molecule has 1 unspecified atom stereocenters. The van der Waals surface area contributed by atoms with Crippen LogP contribution in [0.15, 0.2) is 24.3 Å². The van der Waals surface area contributed by atoms with E-state index in [4.69, 9.17) is 0 Å². The molecular formula is C15H22N3O. The van der Waals surface area contributed by atoms with E-state index in [1.165, 1.54) is 0 Å². The second kappa shape index (κ2) is 6.17. The number of nitrogens with zero attached hydrogens (tertiary/aromatic N) is 2. The summed E-state index contributed by atoms with van der Waals surface area (Å²) in [6.45, 7) is 10.0. The van der Waals surface area contributed by atoms with E-state index >= 15 is 0 Å². The highest BCUT2D eigenvalue weighted by Gasteiger charge is 2.21. The van der Waals surface area contributed by atoms with Gasteiger partial charge in [0.25, 0.3) is 5.91 Å². The second-order valence-corrected chi connectivity index (χ2v) is 5.15. The Hall–Kier alpha value is -1.39. The molecule has 2 rings (SSSR count). The number of hydrogen-bond acceptors (Lipinski definition) is 3. The molecule has 0 saturated carbocycles. The molecule has 1 atom stereocenters. The van der Waals surface area contributed by atoms with Crippen molar-refractivity contribution in [3.05, 3.63) is 42.3 Å². The first-order valence-corrected chi connectivity index (χ1v) is 6.72. The molecule has 1 heterocycles. The number of benzene rings is 1. The molecule has 1 aliphatic heterocycles. The molecule has 1 aromatic rings. The Morgan fingerprint density at radius 3 is 2.53 bits per heavy atom. The summed E-state index contributed by atoms with van der Waals surface area (Å²) in [4.78, 5) is 16.8. The Morgan fingerprint density at radius 2 is 1.89 bits per heavy atom. The number of rotatable bonds is 3. The zero-order chi connectivity index (χ0) is 13.8. The van der Waals surface area contributed by atoms with Gasteiger partial charge in [0.15, 0.2) is 0 Å². The Bertz CT molecular complexity index is 439. The van der Waals surface area contributed by atoms with Crippen molar-refractivity contribution in [2.75, 3.05) is 33.2 Å². The maximum Gasteiger partial charge on any atom is 0.252 e. The number of piperazine rings is 1. The third-order valence-electron chi connectivity index (χ3n) is 3.69. The first-order valence-electron chi connectivity index (χ1n) is 6.72. The van der Waals surface area contributed by atoms with Crippen LogP contribution >= 0.6 is 0 Å². The molecule has 1 aromatic carbocycles. The van der Waals surface area contributed by atoms with Gasteiger partial charge in [-0.3, -0.25) is 9.69 Å². The smallest absolute Gasteiger partial charge is 0.252 e. The Morgan fingerprint density at radius 1 is 1.26 bits per heavy atom. The van der Waals surface area contributed by atoms with Gasteiger partial charge < -0.3 is 10.2 Å². The average Bonchev–Trinajstić information content (AvgIpc) is 2.39. The van der Waals surface area contributed by atoms with Gasteiger partial charge in [0, 0.05) is 31.7 Å². The monoisotopic (exact) mass is 260 g/mol. The normalized spacial score (nSPS) is 19.1. The zero-order valence-corrected chi connectivity index (χ0v) is 11.7. The zero-order valence-electron chi connectivity index (χ0n) is 11.7. The number of carbonyl (C=O) groups is 1. The molecule has 1 N–H and O–H groups in total. The maximum absolute atomic E-state index is 12.2. The summed E-state index contributed by atoms with van der Waals surface area (Å²) < 4.78 is 0. The molecular weight excluding hydrogens is 238 g/mol. The first kappa shape index (κ1) is 14.0. The second-order valence-electron chi connectivity index (χ2n) is 5.15. The summed E-state index contributed by atoms with van der Waals surface area (Å²) in [6, 6.07) is 7.43. The van der Waals surface area contributed by atoms with Crippen LogP contribution in [0, 0.1) is 6.92 Å². The fraction of sp³-hybridized carbons (Fsp3) is 0.467. The fourth-order valence-corrected chi connectivity index (χ4v) is 2.31. The van der Waals surface area contributed by atoms with Gasteiger partial charge in [-0.05, 0) is 32.5 Å². The van der Waals surface area contributed by atoms with Crippen molar-refractivity contribution in [3.8, 4) is 0 Å². The van der Waals surface area contributed by atoms with Gasteiger partial charge >= 0.3 is 0 Å². The highest BCUT2D eigenvalue weighted by atomic mass is 16.1. The summed E-state index contributed by atoms with van der Waals surface area (Å²) in [6.07, 6.45) is 0.0563. The largest absolute Gasteiger partial charge is 0.337 e. The van der Waals surface area contributed by atoms with Crippen molar-refractivity contribution >= 4 is 5.91 Å². The van der Waals surface area contributed by atoms with Crippen LogP contribution in [0.3, 0.4) is 0 Å². The molecule has 4 heteroatoms. The van der Waals surface area contributed by atoms with Crippen molar-refractivity contribution in [1.29, 1.82) is 0 Å². The molecule has 0 aliphatic carbocycles. The fourth-order valence-electron chi connectivity index (χ4n) is 2.31. The molecule has 1 radical (unpaired) electrons. The average molecular weight is 260 g/mol. The van der Waals surface area contributed by atoms with E-state index in [1.807, 2.05) is 31.2 Å². The van der Waals surface area contributed by atoms with Gasteiger partial charge in [-0.2, -0.15) is 0 Å². The van der Waals surface area contributed by atoms with Crippen molar-refractivity contribution in [2.45, 2.75) is 13.1 Å². The predicted octanol–water partition coefficient (Wildman–Crippen LogP) is 1.19. The van der Waals surface area contributed by atoms with E-state index in [1.54, 1.807) is 0 Å². The van der Waals surface area contributed by atoms with Gasteiger partial charge in [0.2, 0.25) is 0 Å². The molecule has 0 bridgehead atoms. The summed E-state index contributed by atoms with van der Waals surface area (Å²) >= 11 is 0. The molecule has 4 nitrogen and oxygen atoms in total. The number of amides is 1. The number of hydrogen-bond donors (Lipinski definition) is 1. The molecule has 1 fully saturated rings. The SMILES string of the molecule is [CH2]c1ccccc1C(=O)NC(C)N1CCN(C)CC1. The van der Waals surface area contributed by atoms with Gasteiger partial charge in [0.05, 0.1) is 6.17 Å². The van der Waals surface area contributed by atoms with Crippen LogP contribution in [0.25, 0.3) is 0 Å². The highest BCUT2D eigenvalue weighted by molar-refractivity contribution is 5.96. The van der Waals surface area contributed by atoms with Crippen molar-refractivity contribution in [2.24, 2.45) is 0 Å². The lowest BCUT2D eigenvalue weighted by Crippen LogP contribution is -2.53. The third kappa shape index (κ3) is 3.55. The van der Waals surface area contributed by atoms with E-state index in [0.717, 1.165) is 31.7 Å². The topological polar surface area (TPSA) is 35.6 Å². The van der Waals surface area contributed by atoms with Crippen LogP contribution in [-0.2, 0) is 0 Å². The van der Waals surface area contributed by atoms with E-state index in [9.17, 15) is 4.79 Å². The lowest BCUT2D eigenvalue weighted by molar-refractivity contribution is 0.0763. The van der Waals surface area contributed by atoms with Crippen molar-refractivity contribution in [3.63, 3.8) is 0 Å². The molecule has 1 saturated heterocycles. The van der Waals surface area contributed by atoms with E-state index in [0.29, 0.717) is 5.56 Å². The Kier molecular flexibility index (Phi) is 4.56. The van der Waals surface area contributed by atoms with Crippen LogP contribution in [0.5, 0.6) is 0 Å². The molecule has 19 heavy (non-hydrogen) atoms. The number of nitrogens with one attached hydrogen (secondary N) is 1. The van der Waals surface area contributed by atoms with Gasteiger partial charge in [-0.15, -0.1) is 0 Å². The van der Waals surface area contributed by atoms with Crippen molar-refractivity contribution in [1.82, 2.24) is 15.1 Å². The lowest BCUT2D eigenvalue weighted by Gasteiger charge is -2.36. The molecule has 1 amide bonds. The molecule has 103 valence electrons. The summed E-state index contributed by atoms with van der Waals surface area (Å²) in [7, 11) is 2.12. The standard InChI is InChI=1S/C15H22N3O/c1-12-6-4-5-7-14(12)15(19)16-13(2)18-10-8-17(3)9-11-18/h4-7,13H,1,8-11H2,2-3H3,(H,16,19). The maximum atomic E-state index is 12.2. The van der Waals surface area contributed by atoms with Crippen LogP contribution in [-0.4, -0.2) is 55.1 Å². The van der Waals surface area contributed by atoms with E-state index in [-0.39, 0.29) is 12.1 Å². The van der Waals surface area contributed by atoms with Crippen LogP contribution in [0.1, 0.15) is 22.8 Å². The Labute approximate surface area is 115 Å². The van der Waals surface area contributed by atoms with Gasteiger partial charge in [-0.25, -0.2) is 0 Å². The molecule has 1 aliphatic rings. The summed E-state index contributed by atoms with van der Waals surface area (Å²) in [5.74, 6) is -0.0444. The van der Waals surface area contributed by atoms with E-state index in [2.05, 4.69) is 29.1 Å². The number of carbonyl (C=O) groups excluding carboxylic acids is 1. The summed E-state index contributed by atoms with van der Waals surface area (Å²) in [5.41, 5.74) is 1.43. The van der Waals surface area contributed by atoms with Gasteiger partial charge in [-0.1, -0.05) is 18.2 Å². The first-order chi connectivity index (χ1) is 9.08. The number of likely N-dealkylation sites (N-methyl/N-ethyl adjacent to an activating group) is 1. The van der Waals surface area contributed by atoms with Crippen LogP contribution in [0.4, 0.5) is 0 Å². The third-order valence-corrected chi connectivity index (χ3v) is 3.69. The molecule has 0 spiro atoms. The minimum Gasteiger partial charge on any atom is -0.337 e. The van der Waals surface area contributed by atoms with Crippen LogP contribution < -0.4 is 5.32 Å². The van der Waals surface area contributed by atoms with Gasteiger partial charge in [0.1, 0.15) is 0 Å². The van der Waals surface area contributed by atoms with E-state index < -0.39 is 0 Å². The lowest BCUT2D eigenvalue weighted by atomic mass is 10.1. The Balaban J connectivity index is 1.94. The van der Waals surface area contributed by atoms with Crippen molar-refractivity contribution < 1.29 is 4.79 Å². The highest BCUT2D eigenvalue weighted by Crippen LogP contribution is 2.08. The predicted molar refractivity (Wildman–Crippen MR) is 76.9 cm³/mol. The van der Waals surface area contributed by atoms with Crippen LogP contribution in [0.2, 0.25) is 0 Å². The minimum atomic E-state index is -0.0444. The summed E-state index contributed by atoms with van der Waals surface area (Å²) in [5, 5.41) is 3.05. The molecule has 0 aromatic heterocycles. The quantitative estimate of drug-likeness (QED) is 0.887. The minimum absolute atomic E-state index is 0.0444.